The quantitative estimate of drug-likeness (QED) is 0.744. The number of aromatic hydroxyl groups is 1. The fourth-order valence-electron chi connectivity index (χ4n) is 3.02. The zero-order chi connectivity index (χ0) is 16.2. The standard InChI is InChI=1S/C17H24N2O3/c1-12(13-6-8-14(20)9-7-13)15(21)19-17(16(18)22)10-4-2-3-5-11-17/h6-9,12,20H,2-5,10-11H2,1H3,(H2,18,22)(H,19,21)/t12-/m0/s1. The van der Waals surface area contributed by atoms with E-state index < -0.39 is 17.4 Å². The first-order valence-corrected chi connectivity index (χ1v) is 7.85. The number of carbonyl (C=O) groups excluding carboxylic acids is 2. The summed E-state index contributed by atoms with van der Waals surface area (Å²) in [7, 11) is 0. The van der Waals surface area contributed by atoms with Crippen LogP contribution in [0.2, 0.25) is 0 Å². The lowest BCUT2D eigenvalue weighted by atomic mass is 9.88. The Bertz CT molecular complexity index is 531. The Morgan fingerprint density at radius 3 is 2.18 bits per heavy atom. The van der Waals surface area contributed by atoms with Crippen molar-refractivity contribution in [2.75, 3.05) is 0 Å². The second kappa shape index (κ2) is 6.81. The fourth-order valence-corrected chi connectivity index (χ4v) is 3.02. The summed E-state index contributed by atoms with van der Waals surface area (Å²) in [5, 5.41) is 12.2. The van der Waals surface area contributed by atoms with Crippen molar-refractivity contribution in [3.05, 3.63) is 29.8 Å². The van der Waals surface area contributed by atoms with Gasteiger partial charge in [-0.2, -0.15) is 0 Å². The van der Waals surface area contributed by atoms with Gasteiger partial charge in [-0.15, -0.1) is 0 Å². The Balaban J connectivity index is 2.13. The number of phenolic OH excluding ortho intramolecular Hbond substituents is 1. The van der Waals surface area contributed by atoms with E-state index in [0.29, 0.717) is 12.8 Å². The smallest absolute Gasteiger partial charge is 0.243 e. The molecule has 1 fully saturated rings. The number of primary amides is 1. The molecule has 1 aromatic rings. The van der Waals surface area contributed by atoms with Crippen molar-refractivity contribution in [2.24, 2.45) is 5.73 Å². The van der Waals surface area contributed by atoms with E-state index >= 15 is 0 Å². The molecule has 0 unspecified atom stereocenters. The maximum Gasteiger partial charge on any atom is 0.243 e. The van der Waals surface area contributed by atoms with Crippen LogP contribution in [-0.4, -0.2) is 22.5 Å². The minimum atomic E-state index is -0.918. The van der Waals surface area contributed by atoms with Gasteiger partial charge in [0.25, 0.3) is 0 Å². The highest BCUT2D eigenvalue weighted by atomic mass is 16.3. The van der Waals surface area contributed by atoms with Gasteiger partial charge < -0.3 is 16.2 Å². The molecule has 0 radical (unpaired) electrons. The van der Waals surface area contributed by atoms with Crippen LogP contribution < -0.4 is 11.1 Å². The van der Waals surface area contributed by atoms with Gasteiger partial charge in [-0.1, -0.05) is 37.8 Å². The molecular weight excluding hydrogens is 280 g/mol. The molecule has 2 rings (SSSR count). The van der Waals surface area contributed by atoms with Gasteiger partial charge in [-0.25, -0.2) is 0 Å². The van der Waals surface area contributed by atoms with E-state index in [9.17, 15) is 14.7 Å². The van der Waals surface area contributed by atoms with Crippen LogP contribution in [0.4, 0.5) is 0 Å². The molecule has 4 N–H and O–H groups in total. The van der Waals surface area contributed by atoms with Gasteiger partial charge in [0, 0.05) is 0 Å². The first-order chi connectivity index (χ1) is 10.4. The van der Waals surface area contributed by atoms with Crippen LogP contribution in [0.1, 0.15) is 56.9 Å². The minimum Gasteiger partial charge on any atom is -0.508 e. The van der Waals surface area contributed by atoms with E-state index in [1.54, 1.807) is 31.2 Å². The molecular formula is C17H24N2O3. The molecule has 0 aromatic heterocycles. The Kier molecular flexibility index (Phi) is 5.06. The number of carbonyl (C=O) groups is 2. The Labute approximate surface area is 130 Å². The highest BCUT2D eigenvalue weighted by Crippen LogP contribution is 2.28. The van der Waals surface area contributed by atoms with Crippen LogP contribution in [0.25, 0.3) is 0 Å². The van der Waals surface area contributed by atoms with Crippen LogP contribution in [0.3, 0.4) is 0 Å². The molecule has 1 aliphatic carbocycles. The van der Waals surface area contributed by atoms with E-state index in [4.69, 9.17) is 5.73 Å². The number of hydrogen-bond acceptors (Lipinski definition) is 3. The molecule has 1 aliphatic rings. The largest absolute Gasteiger partial charge is 0.508 e. The van der Waals surface area contributed by atoms with Gasteiger partial charge in [-0.05, 0) is 37.5 Å². The minimum absolute atomic E-state index is 0.161. The van der Waals surface area contributed by atoms with Gasteiger partial charge in [0.2, 0.25) is 11.8 Å². The average molecular weight is 304 g/mol. The highest BCUT2D eigenvalue weighted by Gasteiger charge is 2.39. The summed E-state index contributed by atoms with van der Waals surface area (Å²) >= 11 is 0. The average Bonchev–Trinajstić information content (AvgIpc) is 2.74. The molecule has 1 aromatic carbocycles. The lowest BCUT2D eigenvalue weighted by Crippen LogP contribution is -2.58. The lowest BCUT2D eigenvalue weighted by molar-refractivity contribution is -0.132. The number of nitrogens with two attached hydrogens (primary N) is 1. The third-order valence-corrected chi connectivity index (χ3v) is 4.58. The molecule has 2 amide bonds. The summed E-state index contributed by atoms with van der Waals surface area (Å²) in [5.74, 6) is -0.888. The maximum atomic E-state index is 12.5. The number of phenols is 1. The number of amides is 2. The van der Waals surface area contributed by atoms with Crippen LogP contribution in [0.5, 0.6) is 5.75 Å². The molecule has 0 bridgehead atoms. The molecule has 0 heterocycles. The normalized spacial score (nSPS) is 19.0. The maximum absolute atomic E-state index is 12.5. The summed E-state index contributed by atoms with van der Waals surface area (Å²) in [6.07, 6.45) is 5.15. The predicted molar refractivity (Wildman–Crippen MR) is 84.3 cm³/mol. The molecule has 22 heavy (non-hydrogen) atoms. The van der Waals surface area contributed by atoms with E-state index in [0.717, 1.165) is 31.2 Å². The zero-order valence-electron chi connectivity index (χ0n) is 13.0. The molecule has 1 saturated carbocycles. The first-order valence-electron chi connectivity index (χ1n) is 7.85. The van der Waals surface area contributed by atoms with E-state index in [1.165, 1.54) is 0 Å². The number of hydrogen-bond donors (Lipinski definition) is 3. The van der Waals surface area contributed by atoms with Gasteiger partial charge in [0.15, 0.2) is 0 Å². The SMILES string of the molecule is C[C@H](C(=O)NC1(C(N)=O)CCCCCC1)c1ccc(O)cc1. The van der Waals surface area contributed by atoms with Gasteiger partial charge in [-0.3, -0.25) is 9.59 Å². The fraction of sp³-hybridized carbons (Fsp3) is 0.529. The Hall–Kier alpha value is -2.04. The summed E-state index contributed by atoms with van der Waals surface area (Å²) < 4.78 is 0. The Morgan fingerprint density at radius 2 is 1.68 bits per heavy atom. The van der Waals surface area contributed by atoms with Crippen molar-refractivity contribution in [2.45, 2.75) is 56.9 Å². The van der Waals surface area contributed by atoms with Gasteiger partial charge in [0.1, 0.15) is 11.3 Å². The summed E-state index contributed by atoms with van der Waals surface area (Å²) in [5.41, 5.74) is 5.47. The van der Waals surface area contributed by atoms with Crippen LogP contribution in [0.15, 0.2) is 24.3 Å². The van der Waals surface area contributed by atoms with Gasteiger partial charge >= 0.3 is 0 Å². The highest BCUT2D eigenvalue weighted by molar-refractivity contribution is 5.92. The molecule has 0 spiro atoms. The van der Waals surface area contributed by atoms with E-state index in [2.05, 4.69) is 5.32 Å². The van der Waals surface area contributed by atoms with Crippen LogP contribution in [-0.2, 0) is 9.59 Å². The van der Waals surface area contributed by atoms with Crippen molar-refractivity contribution in [3.8, 4) is 5.75 Å². The molecule has 5 heteroatoms. The van der Waals surface area contributed by atoms with Crippen LogP contribution in [0, 0.1) is 0 Å². The first kappa shape index (κ1) is 16.3. The van der Waals surface area contributed by atoms with Crippen molar-refractivity contribution >= 4 is 11.8 Å². The van der Waals surface area contributed by atoms with E-state index in [-0.39, 0.29) is 11.7 Å². The molecule has 120 valence electrons. The van der Waals surface area contributed by atoms with Gasteiger partial charge in [0.05, 0.1) is 5.92 Å². The van der Waals surface area contributed by atoms with E-state index in [1.807, 2.05) is 0 Å². The second-order valence-corrected chi connectivity index (χ2v) is 6.16. The Morgan fingerprint density at radius 1 is 1.14 bits per heavy atom. The molecule has 5 nitrogen and oxygen atoms in total. The molecule has 1 atom stereocenters. The van der Waals surface area contributed by atoms with Crippen LogP contribution >= 0.6 is 0 Å². The predicted octanol–water partition coefficient (Wildman–Crippen LogP) is 2.19. The second-order valence-electron chi connectivity index (χ2n) is 6.16. The van der Waals surface area contributed by atoms with Crippen molar-refractivity contribution in [1.29, 1.82) is 0 Å². The van der Waals surface area contributed by atoms with Crippen molar-refractivity contribution in [3.63, 3.8) is 0 Å². The lowest BCUT2D eigenvalue weighted by Gasteiger charge is -2.31. The summed E-state index contributed by atoms with van der Waals surface area (Å²) in [6.45, 7) is 1.78. The third-order valence-electron chi connectivity index (χ3n) is 4.58. The molecule has 0 saturated heterocycles. The summed E-state index contributed by atoms with van der Waals surface area (Å²) in [6, 6.07) is 6.52. The monoisotopic (exact) mass is 304 g/mol. The number of benzene rings is 1. The molecule has 0 aliphatic heterocycles. The van der Waals surface area contributed by atoms with Crippen molar-refractivity contribution < 1.29 is 14.7 Å². The number of rotatable bonds is 4. The summed E-state index contributed by atoms with van der Waals surface area (Å²) in [4.78, 5) is 24.5. The van der Waals surface area contributed by atoms with Crippen molar-refractivity contribution in [1.82, 2.24) is 5.32 Å². The topological polar surface area (TPSA) is 92.4 Å². The third kappa shape index (κ3) is 3.59. The zero-order valence-corrected chi connectivity index (χ0v) is 13.0. The number of nitrogens with one attached hydrogen (secondary N) is 1.